The van der Waals surface area contributed by atoms with Crippen LogP contribution in [0.25, 0.3) is 0 Å². The molecular formula is C16H16BrClN2O4S. The molecule has 9 heteroatoms. The van der Waals surface area contributed by atoms with Crippen LogP contribution in [0.3, 0.4) is 0 Å². The van der Waals surface area contributed by atoms with Gasteiger partial charge in [-0.2, -0.15) is 0 Å². The molecule has 1 amide bonds. The molecule has 0 aromatic heterocycles. The fourth-order valence-corrected chi connectivity index (χ4v) is 3.89. The highest BCUT2D eigenvalue weighted by molar-refractivity contribution is 9.10. The summed E-state index contributed by atoms with van der Waals surface area (Å²) in [4.78, 5) is 12.9. The van der Waals surface area contributed by atoms with E-state index in [9.17, 15) is 13.2 Å². The quantitative estimate of drug-likeness (QED) is 0.737. The van der Waals surface area contributed by atoms with Crippen molar-refractivity contribution in [2.45, 2.75) is 4.90 Å². The zero-order valence-corrected chi connectivity index (χ0v) is 16.7. The van der Waals surface area contributed by atoms with Gasteiger partial charge in [0.05, 0.1) is 5.02 Å². The number of benzene rings is 2. The Morgan fingerprint density at radius 2 is 1.84 bits per heavy atom. The SMILES string of the molecule is CN(C)C(=O)COc1ccc(NS(=O)(=O)c2ccc(Br)cc2Cl)cc1. The van der Waals surface area contributed by atoms with Gasteiger partial charge < -0.3 is 9.64 Å². The van der Waals surface area contributed by atoms with Gasteiger partial charge in [-0.05, 0) is 42.5 Å². The molecule has 0 aliphatic rings. The number of anilines is 1. The number of ether oxygens (including phenoxy) is 1. The first-order valence-corrected chi connectivity index (χ1v) is 9.75. The van der Waals surface area contributed by atoms with Gasteiger partial charge in [0.2, 0.25) is 0 Å². The maximum Gasteiger partial charge on any atom is 0.263 e. The van der Waals surface area contributed by atoms with Crippen molar-refractivity contribution in [3.8, 4) is 5.75 Å². The fourth-order valence-electron chi connectivity index (χ4n) is 1.80. The molecule has 0 saturated carbocycles. The van der Waals surface area contributed by atoms with Crippen molar-refractivity contribution in [1.29, 1.82) is 0 Å². The Labute approximate surface area is 159 Å². The molecule has 2 aromatic rings. The van der Waals surface area contributed by atoms with Crippen molar-refractivity contribution < 1.29 is 17.9 Å². The van der Waals surface area contributed by atoms with Crippen LogP contribution in [0.15, 0.2) is 51.8 Å². The second kappa shape index (κ2) is 8.07. The number of likely N-dealkylation sites (N-methyl/N-ethyl adjacent to an activating group) is 1. The molecule has 0 heterocycles. The minimum atomic E-state index is -3.81. The van der Waals surface area contributed by atoms with Crippen LogP contribution in [-0.2, 0) is 14.8 Å². The minimum Gasteiger partial charge on any atom is -0.484 e. The highest BCUT2D eigenvalue weighted by Gasteiger charge is 2.18. The summed E-state index contributed by atoms with van der Waals surface area (Å²) in [6, 6.07) is 10.8. The van der Waals surface area contributed by atoms with Crippen LogP contribution in [0.2, 0.25) is 5.02 Å². The van der Waals surface area contributed by atoms with Crippen molar-refractivity contribution in [2.75, 3.05) is 25.4 Å². The number of hydrogen-bond acceptors (Lipinski definition) is 4. The number of nitrogens with zero attached hydrogens (tertiary/aromatic N) is 1. The number of rotatable bonds is 6. The standard InChI is InChI=1S/C16H16BrClN2O4S/c1-20(2)16(21)10-24-13-6-4-12(5-7-13)19-25(22,23)15-8-3-11(17)9-14(15)18/h3-9,19H,10H2,1-2H3. The van der Waals surface area contributed by atoms with Gasteiger partial charge >= 0.3 is 0 Å². The largest absolute Gasteiger partial charge is 0.484 e. The fraction of sp³-hybridized carbons (Fsp3) is 0.188. The molecule has 2 aromatic carbocycles. The molecule has 134 valence electrons. The van der Waals surface area contributed by atoms with Crippen LogP contribution >= 0.6 is 27.5 Å². The molecule has 0 spiro atoms. The summed E-state index contributed by atoms with van der Waals surface area (Å²) in [6.45, 7) is -0.0907. The van der Waals surface area contributed by atoms with E-state index >= 15 is 0 Å². The van der Waals surface area contributed by atoms with Gasteiger partial charge in [-0.25, -0.2) is 8.42 Å². The van der Waals surface area contributed by atoms with Crippen molar-refractivity contribution >= 4 is 49.1 Å². The molecule has 0 fully saturated rings. The molecule has 0 saturated heterocycles. The van der Waals surface area contributed by atoms with Gasteiger partial charge in [-0.1, -0.05) is 27.5 Å². The Kier molecular flexibility index (Phi) is 6.31. The number of hydrogen-bond donors (Lipinski definition) is 1. The number of nitrogens with one attached hydrogen (secondary N) is 1. The molecule has 6 nitrogen and oxygen atoms in total. The summed E-state index contributed by atoms with van der Waals surface area (Å²) in [5.41, 5.74) is 0.352. The first kappa shape index (κ1) is 19.6. The summed E-state index contributed by atoms with van der Waals surface area (Å²) < 4.78 is 33.3. The summed E-state index contributed by atoms with van der Waals surface area (Å²) in [7, 11) is -0.543. The zero-order valence-electron chi connectivity index (χ0n) is 13.5. The van der Waals surface area contributed by atoms with E-state index in [1.807, 2.05) is 0 Å². The molecule has 25 heavy (non-hydrogen) atoms. The molecule has 0 unspecified atom stereocenters. The molecule has 0 aliphatic heterocycles. The predicted octanol–water partition coefficient (Wildman–Crippen LogP) is 3.37. The third-order valence-corrected chi connectivity index (χ3v) is 5.51. The number of sulfonamides is 1. The van der Waals surface area contributed by atoms with Crippen LogP contribution in [0, 0.1) is 0 Å². The lowest BCUT2D eigenvalue weighted by atomic mass is 10.3. The van der Waals surface area contributed by atoms with Crippen LogP contribution in [0.4, 0.5) is 5.69 Å². The summed E-state index contributed by atoms with van der Waals surface area (Å²) in [6.07, 6.45) is 0. The number of halogens is 2. The van der Waals surface area contributed by atoms with E-state index in [1.54, 1.807) is 44.4 Å². The molecule has 0 atom stereocenters. The second-order valence-electron chi connectivity index (χ2n) is 5.28. The summed E-state index contributed by atoms with van der Waals surface area (Å²) in [5, 5.41) is 0.115. The lowest BCUT2D eigenvalue weighted by Gasteiger charge is -2.12. The highest BCUT2D eigenvalue weighted by atomic mass is 79.9. The van der Waals surface area contributed by atoms with Crippen LogP contribution in [0.1, 0.15) is 0 Å². The first-order valence-electron chi connectivity index (χ1n) is 7.10. The topological polar surface area (TPSA) is 75.7 Å². The van der Waals surface area contributed by atoms with Gasteiger partial charge in [0, 0.05) is 24.3 Å². The Bertz CT molecular complexity index is 870. The van der Waals surface area contributed by atoms with Gasteiger partial charge in [-0.3, -0.25) is 9.52 Å². The van der Waals surface area contributed by atoms with Gasteiger partial charge in [-0.15, -0.1) is 0 Å². The van der Waals surface area contributed by atoms with E-state index in [2.05, 4.69) is 20.7 Å². The van der Waals surface area contributed by atoms with Crippen molar-refractivity contribution in [2.24, 2.45) is 0 Å². The maximum absolute atomic E-state index is 12.4. The summed E-state index contributed by atoms with van der Waals surface area (Å²) in [5.74, 6) is 0.287. The van der Waals surface area contributed by atoms with E-state index in [0.29, 0.717) is 15.9 Å². The molecule has 1 N–H and O–H groups in total. The van der Waals surface area contributed by atoms with E-state index in [0.717, 1.165) is 0 Å². The first-order chi connectivity index (χ1) is 11.7. The van der Waals surface area contributed by atoms with Crippen molar-refractivity contribution in [1.82, 2.24) is 4.90 Å². The number of amides is 1. The van der Waals surface area contributed by atoms with Gasteiger partial charge in [0.25, 0.3) is 15.9 Å². The average Bonchev–Trinajstić information content (AvgIpc) is 2.53. The van der Waals surface area contributed by atoms with E-state index in [1.165, 1.54) is 17.0 Å². The van der Waals surface area contributed by atoms with Gasteiger partial charge in [0.1, 0.15) is 10.6 Å². The Morgan fingerprint density at radius 3 is 2.40 bits per heavy atom. The predicted molar refractivity (Wildman–Crippen MR) is 101 cm³/mol. The van der Waals surface area contributed by atoms with E-state index in [-0.39, 0.29) is 22.4 Å². The minimum absolute atomic E-state index is 0.0192. The van der Waals surface area contributed by atoms with Crippen LogP contribution in [-0.4, -0.2) is 39.9 Å². The monoisotopic (exact) mass is 446 g/mol. The number of carbonyl (C=O) groups is 1. The summed E-state index contributed by atoms with van der Waals surface area (Å²) >= 11 is 9.23. The van der Waals surface area contributed by atoms with Crippen LogP contribution < -0.4 is 9.46 Å². The maximum atomic E-state index is 12.4. The Morgan fingerprint density at radius 1 is 1.20 bits per heavy atom. The van der Waals surface area contributed by atoms with Crippen molar-refractivity contribution in [3.05, 3.63) is 52.0 Å². The van der Waals surface area contributed by atoms with Gasteiger partial charge in [0.15, 0.2) is 6.61 Å². The Hall–Kier alpha value is -1.77. The van der Waals surface area contributed by atoms with E-state index in [4.69, 9.17) is 16.3 Å². The van der Waals surface area contributed by atoms with Crippen LogP contribution in [0.5, 0.6) is 5.75 Å². The molecule has 2 rings (SSSR count). The normalized spacial score (nSPS) is 11.0. The lowest BCUT2D eigenvalue weighted by molar-refractivity contribution is -0.130. The smallest absolute Gasteiger partial charge is 0.263 e. The third-order valence-electron chi connectivity index (χ3n) is 3.15. The molecule has 0 aliphatic carbocycles. The second-order valence-corrected chi connectivity index (χ2v) is 8.26. The lowest BCUT2D eigenvalue weighted by Crippen LogP contribution is -2.27. The number of carbonyl (C=O) groups excluding carboxylic acids is 1. The highest BCUT2D eigenvalue weighted by Crippen LogP contribution is 2.27. The molecular weight excluding hydrogens is 432 g/mol. The van der Waals surface area contributed by atoms with Crippen molar-refractivity contribution in [3.63, 3.8) is 0 Å². The molecule has 0 bridgehead atoms. The average molecular weight is 448 g/mol. The van der Waals surface area contributed by atoms with E-state index < -0.39 is 10.0 Å². The Balaban J connectivity index is 2.08. The molecule has 0 radical (unpaired) electrons. The zero-order chi connectivity index (χ0) is 18.6. The third kappa shape index (κ3) is 5.35.